The van der Waals surface area contributed by atoms with Gasteiger partial charge in [0, 0.05) is 16.5 Å². The molecule has 0 bridgehead atoms. The van der Waals surface area contributed by atoms with Crippen molar-refractivity contribution in [1.82, 2.24) is 5.16 Å². The summed E-state index contributed by atoms with van der Waals surface area (Å²) in [6, 6.07) is 7.29. The van der Waals surface area contributed by atoms with E-state index >= 15 is 0 Å². The summed E-state index contributed by atoms with van der Waals surface area (Å²) in [7, 11) is 0. The van der Waals surface area contributed by atoms with Crippen LogP contribution in [0.3, 0.4) is 0 Å². The van der Waals surface area contributed by atoms with Crippen molar-refractivity contribution in [3.63, 3.8) is 0 Å². The first-order valence-electron chi connectivity index (χ1n) is 4.97. The van der Waals surface area contributed by atoms with E-state index in [-0.39, 0.29) is 5.76 Å². The monoisotopic (exact) mass is 249 g/mol. The fourth-order valence-electron chi connectivity index (χ4n) is 1.55. The Morgan fingerprint density at radius 1 is 1.41 bits per heavy atom. The van der Waals surface area contributed by atoms with Crippen molar-refractivity contribution >= 4 is 17.7 Å². The molecule has 0 saturated heterocycles. The fourth-order valence-corrected chi connectivity index (χ4v) is 2.13. The highest BCUT2D eigenvalue weighted by Gasteiger charge is 2.12. The van der Waals surface area contributed by atoms with Gasteiger partial charge in [0.25, 0.3) is 0 Å². The van der Waals surface area contributed by atoms with Crippen LogP contribution in [-0.2, 0) is 0 Å². The summed E-state index contributed by atoms with van der Waals surface area (Å²) < 4.78 is 4.72. The minimum absolute atomic E-state index is 0.147. The molecule has 0 aliphatic rings. The summed E-state index contributed by atoms with van der Waals surface area (Å²) >= 11 is 1.67. The predicted octanol–water partition coefficient (Wildman–Crippen LogP) is 3.07. The lowest BCUT2D eigenvalue weighted by Gasteiger charge is -2.03. The normalized spacial score (nSPS) is 10.5. The molecule has 0 saturated carbocycles. The number of nitrogens with zero attached hydrogens (tertiary/aromatic N) is 1. The molecule has 4 nitrogen and oxygen atoms in total. The number of rotatable bonds is 3. The lowest BCUT2D eigenvalue weighted by atomic mass is 10.1. The Morgan fingerprint density at radius 3 is 2.71 bits per heavy atom. The first-order chi connectivity index (χ1) is 8.11. The van der Waals surface area contributed by atoms with E-state index in [4.69, 9.17) is 9.63 Å². The summed E-state index contributed by atoms with van der Waals surface area (Å²) in [5, 5.41) is 12.5. The molecule has 1 aromatic carbocycles. The second-order valence-corrected chi connectivity index (χ2v) is 4.41. The van der Waals surface area contributed by atoms with Crippen molar-refractivity contribution < 1.29 is 14.4 Å². The van der Waals surface area contributed by atoms with Crippen LogP contribution in [0.1, 0.15) is 16.1 Å². The number of benzene rings is 1. The number of carboxylic acid groups (broad SMARTS) is 1. The van der Waals surface area contributed by atoms with E-state index in [9.17, 15) is 4.79 Å². The Kier molecular flexibility index (Phi) is 3.19. The van der Waals surface area contributed by atoms with E-state index in [1.165, 1.54) is 11.0 Å². The van der Waals surface area contributed by atoms with Crippen molar-refractivity contribution in [2.24, 2.45) is 0 Å². The van der Waals surface area contributed by atoms with E-state index < -0.39 is 5.97 Å². The maximum atomic E-state index is 10.7. The van der Waals surface area contributed by atoms with E-state index in [1.54, 1.807) is 11.8 Å². The first-order valence-corrected chi connectivity index (χ1v) is 6.19. The van der Waals surface area contributed by atoms with E-state index in [1.807, 2.05) is 31.4 Å². The maximum absolute atomic E-state index is 10.7. The van der Waals surface area contributed by atoms with Gasteiger partial charge in [0.05, 0.1) is 0 Å². The van der Waals surface area contributed by atoms with Crippen LogP contribution < -0.4 is 0 Å². The number of hydrogen-bond donors (Lipinski definition) is 1. The smallest absolute Gasteiger partial charge is 0.374 e. The summed E-state index contributed by atoms with van der Waals surface area (Å²) in [6.07, 6.45) is 2.01. The van der Waals surface area contributed by atoms with E-state index in [2.05, 4.69) is 5.16 Å². The third kappa shape index (κ3) is 2.34. The predicted molar refractivity (Wildman–Crippen MR) is 65.4 cm³/mol. The topological polar surface area (TPSA) is 63.3 Å². The fraction of sp³-hybridized carbons (Fsp3) is 0.167. The van der Waals surface area contributed by atoms with E-state index in [0.29, 0.717) is 5.69 Å². The van der Waals surface area contributed by atoms with Crippen molar-refractivity contribution in [3.8, 4) is 11.3 Å². The van der Waals surface area contributed by atoms with Gasteiger partial charge in [0.1, 0.15) is 5.69 Å². The van der Waals surface area contributed by atoms with Crippen molar-refractivity contribution in [2.45, 2.75) is 11.8 Å². The molecule has 0 spiro atoms. The third-order valence-electron chi connectivity index (χ3n) is 2.41. The molecule has 1 N–H and O–H groups in total. The molecule has 0 amide bonds. The van der Waals surface area contributed by atoms with Gasteiger partial charge in [0.15, 0.2) is 0 Å². The van der Waals surface area contributed by atoms with Gasteiger partial charge in [-0.25, -0.2) is 4.79 Å². The molecule has 0 aliphatic carbocycles. The molecule has 2 rings (SSSR count). The molecular formula is C12H11NO3S. The molecular weight excluding hydrogens is 238 g/mol. The highest BCUT2D eigenvalue weighted by atomic mass is 32.2. The highest BCUT2D eigenvalue weighted by Crippen LogP contribution is 2.26. The van der Waals surface area contributed by atoms with Crippen LogP contribution in [0.4, 0.5) is 0 Å². The Balaban J connectivity index is 2.39. The zero-order valence-electron chi connectivity index (χ0n) is 9.43. The number of aryl methyl sites for hydroxylation is 1. The molecule has 1 heterocycles. The van der Waals surface area contributed by atoms with Gasteiger partial charge in [-0.05, 0) is 30.9 Å². The van der Waals surface area contributed by atoms with Crippen LogP contribution >= 0.6 is 11.8 Å². The Hall–Kier alpha value is -1.75. The molecule has 2 aromatic rings. The van der Waals surface area contributed by atoms with Crippen LogP contribution in [0.15, 0.2) is 33.7 Å². The largest absolute Gasteiger partial charge is 0.475 e. The molecule has 0 aliphatic heterocycles. The van der Waals surface area contributed by atoms with Crippen LogP contribution in [0.25, 0.3) is 11.3 Å². The molecule has 0 unspecified atom stereocenters. The van der Waals surface area contributed by atoms with Gasteiger partial charge < -0.3 is 9.63 Å². The van der Waals surface area contributed by atoms with Crippen LogP contribution in [-0.4, -0.2) is 22.5 Å². The molecule has 0 radical (unpaired) electrons. The van der Waals surface area contributed by atoms with Crippen molar-refractivity contribution in [1.29, 1.82) is 0 Å². The number of thioether (sulfide) groups is 1. The second-order valence-electron chi connectivity index (χ2n) is 3.57. The number of aromatic nitrogens is 1. The zero-order valence-corrected chi connectivity index (χ0v) is 10.2. The number of hydrogen-bond acceptors (Lipinski definition) is 4. The SMILES string of the molecule is CSc1ccc(-c2cc(C(=O)O)on2)cc1C. The van der Waals surface area contributed by atoms with Crippen LogP contribution in [0.2, 0.25) is 0 Å². The Bertz CT molecular complexity index is 563. The van der Waals surface area contributed by atoms with Gasteiger partial charge in [0.2, 0.25) is 5.76 Å². The third-order valence-corrected chi connectivity index (χ3v) is 3.31. The van der Waals surface area contributed by atoms with Gasteiger partial charge >= 0.3 is 5.97 Å². The minimum Gasteiger partial charge on any atom is -0.475 e. The quantitative estimate of drug-likeness (QED) is 0.847. The van der Waals surface area contributed by atoms with Crippen LogP contribution in [0.5, 0.6) is 0 Å². The van der Waals surface area contributed by atoms with Crippen molar-refractivity contribution in [3.05, 3.63) is 35.6 Å². The Morgan fingerprint density at radius 2 is 2.18 bits per heavy atom. The average Bonchev–Trinajstić information content (AvgIpc) is 2.78. The minimum atomic E-state index is -1.11. The average molecular weight is 249 g/mol. The summed E-state index contributed by atoms with van der Waals surface area (Å²) in [4.78, 5) is 11.9. The van der Waals surface area contributed by atoms with Gasteiger partial charge in [-0.3, -0.25) is 0 Å². The first kappa shape index (κ1) is 11.7. The lowest BCUT2D eigenvalue weighted by Crippen LogP contribution is -1.91. The molecule has 17 heavy (non-hydrogen) atoms. The maximum Gasteiger partial charge on any atom is 0.374 e. The summed E-state index contributed by atoms with van der Waals surface area (Å²) in [5.74, 6) is -1.26. The summed E-state index contributed by atoms with van der Waals surface area (Å²) in [5.41, 5.74) is 2.53. The molecule has 1 aromatic heterocycles. The van der Waals surface area contributed by atoms with Gasteiger partial charge in [-0.1, -0.05) is 11.2 Å². The molecule has 5 heteroatoms. The molecule has 0 atom stereocenters. The number of carboxylic acids is 1. The van der Waals surface area contributed by atoms with Gasteiger partial charge in [-0.15, -0.1) is 11.8 Å². The molecule has 88 valence electrons. The van der Waals surface area contributed by atoms with Crippen LogP contribution in [0, 0.1) is 6.92 Å². The number of aromatic carboxylic acids is 1. The second kappa shape index (κ2) is 4.63. The van der Waals surface area contributed by atoms with E-state index in [0.717, 1.165) is 11.1 Å². The van der Waals surface area contributed by atoms with Crippen molar-refractivity contribution in [2.75, 3.05) is 6.26 Å². The Labute approximate surface area is 103 Å². The highest BCUT2D eigenvalue weighted by molar-refractivity contribution is 7.98. The standard InChI is InChI=1S/C12H11NO3S/c1-7-5-8(3-4-11(7)17-2)9-6-10(12(14)15)16-13-9/h3-6H,1-2H3,(H,14,15). The van der Waals surface area contributed by atoms with Gasteiger partial charge in [-0.2, -0.15) is 0 Å². The molecule has 0 fully saturated rings. The lowest BCUT2D eigenvalue weighted by molar-refractivity contribution is 0.0652. The number of carbonyl (C=O) groups is 1. The summed E-state index contributed by atoms with van der Waals surface area (Å²) in [6.45, 7) is 2.01. The zero-order chi connectivity index (χ0) is 12.4.